The second kappa shape index (κ2) is 8.78. The molecule has 0 unspecified atom stereocenters. The van der Waals surface area contributed by atoms with Crippen LogP contribution in [0.4, 0.5) is 17.2 Å². The molecule has 0 saturated heterocycles. The van der Waals surface area contributed by atoms with Gasteiger partial charge in [0.05, 0.1) is 11.9 Å². The summed E-state index contributed by atoms with van der Waals surface area (Å²) in [7, 11) is 0. The maximum Gasteiger partial charge on any atom is 0.228 e. The molecule has 1 aromatic carbocycles. The molecule has 2 heterocycles. The van der Waals surface area contributed by atoms with Gasteiger partial charge in [-0.2, -0.15) is 0 Å². The minimum atomic E-state index is 0.0449. The number of nitrogens with one attached hydrogen (secondary N) is 2. The quantitative estimate of drug-likeness (QED) is 0.541. The molecule has 1 aliphatic rings. The highest BCUT2D eigenvalue weighted by molar-refractivity contribution is 6.00. The summed E-state index contributed by atoms with van der Waals surface area (Å²) in [6.07, 6.45) is 7.35. The van der Waals surface area contributed by atoms with Crippen molar-refractivity contribution in [1.82, 2.24) is 9.97 Å². The molecule has 4 N–H and O–H groups in total. The Labute approximate surface area is 176 Å². The normalized spacial score (nSPS) is 12.9. The highest BCUT2D eigenvalue weighted by atomic mass is 16.2. The molecular formula is C23H26N6O. The number of carbonyl (C=O) groups is 1. The van der Waals surface area contributed by atoms with E-state index in [1.165, 1.54) is 0 Å². The minimum Gasteiger partial charge on any atom is -0.398 e. The first-order chi connectivity index (χ1) is 14.4. The fourth-order valence-corrected chi connectivity index (χ4v) is 3.36. The molecule has 1 saturated carbocycles. The van der Waals surface area contributed by atoms with Gasteiger partial charge in [-0.1, -0.05) is 0 Å². The van der Waals surface area contributed by atoms with Crippen molar-refractivity contribution in [2.45, 2.75) is 39.7 Å². The number of nitriles is 1. The van der Waals surface area contributed by atoms with Gasteiger partial charge in [-0.3, -0.25) is 9.78 Å². The van der Waals surface area contributed by atoms with E-state index in [1.807, 2.05) is 24.5 Å². The molecule has 7 nitrogen and oxygen atoms in total. The summed E-state index contributed by atoms with van der Waals surface area (Å²) in [5.74, 6) is 0.744. The van der Waals surface area contributed by atoms with Crippen LogP contribution in [-0.4, -0.2) is 21.9 Å². The van der Waals surface area contributed by atoms with E-state index in [4.69, 9.17) is 11.0 Å². The van der Waals surface area contributed by atoms with Crippen LogP contribution in [0.2, 0.25) is 0 Å². The Morgan fingerprint density at radius 1 is 1.20 bits per heavy atom. The molecule has 0 bridgehead atoms. The van der Waals surface area contributed by atoms with Crippen molar-refractivity contribution in [2.24, 2.45) is 5.92 Å². The summed E-state index contributed by atoms with van der Waals surface area (Å²) < 4.78 is 0. The predicted octanol–water partition coefficient (Wildman–Crippen LogP) is 4.50. The Morgan fingerprint density at radius 3 is 2.60 bits per heavy atom. The molecule has 4 rings (SSSR count). The molecular weight excluding hydrogens is 376 g/mol. The average molecular weight is 403 g/mol. The number of nitrogen functional groups attached to an aromatic ring is 1. The van der Waals surface area contributed by atoms with Crippen LogP contribution in [0.15, 0.2) is 36.8 Å². The lowest BCUT2D eigenvalue weighted by molar-refractivity contribution is -0.117. The van der Waals surface area contributed by atoms with Crippen LogP contribution in [0.5, 0.6) is 0 Å². The van der Waals surface area contributed by atoms with Crippen LogP contribution >= 0.6 is 0 Å². The summed E-state index contributed by atoms with van der Waals surface area (Å²) in [5.41, 5.74) is 11.1. The van der Waals surface area contributed by atoms with Gasteiger partial charge in [-0.25, -0.2) is 10.2 Å². The van der Waals surface area contributed by atoms with Gasteiger partial charge in [0, 0.05) is 47.6 Å². The summed E-state index contributed by atoms with van der Waals surface area (Å²) in [6, 6.07) is 6.23. The van der Waals surface area contributed by atoms with Crippen molar-refractivity contribution in [3.05, 3.63) is 42.4 Å². The van der Waals surface area contributed by atoms with E-state index >= 15 is 0 Å². The maximum absolute atomic E-state index is 12.0. The maximum atomic E-state index is 12.0. The third kappa shape index (κ3) is 4.49. The smallest absolute Gasteiger partial charge is 0.228 e. The van der Waals surface area contributed by atoms with Gasteiger partial charge >= 0.3 is 0 Å². The summed E-state index contributed by atoms with van der Waals surface area (Å²) >= 11 is 0. The molecule has 154 valence electrons. The molecule has 2 aromatic heterocycles. The predicted molar refractivity (Wildman–Crippen MR) is 121 cm³/mol. The molecule has 3 aromatic rings. The summed E-state index contributed by atoms with van der Waals surface area (Å²) in [6.45, 7) is 9.78. The zero-order chi connectivity index (χ0) is 21.8. The zero-order valence-electron chi connectivity index (χ0n) is 17.4. The number of carbonyl (C=O) groups excluding carboxylic acids is 1. The van der Waals surface area contributed by atoms with E-state index in [2.05, 4.69) is 54.0 Å². The number of anilines is 3. The van der Waals surface area contributed by atoms with E-state index in [1.54, 1.807) is 6.20 Å². The second-order valence-electron chi connectivity index (χ2n) is 7.78. The van der Waals surface area contributed by atoms with E-state index in [0.717, 1.165) is 46.0 Å². The number of aromatic nitrogens is 2. The third-order valence-electron chi connectivity index (χ3n) is 5.04. The monoisotopic (exact) mass is 402 g/mol. The Morgan fingerprint density at radius 2 is 1.93 bits per heavy atom. The van der Waals surface area contributed by atoms with Crippen LogP contribution in [0.3, 0.4) is 0 Å². The number of pyridine rings is 2. The van der Waals surface area contributed by atoms with Gasteiger partial charge in [-0.15, -0.1) is 0 Å². The largest absolute Gasteiger partial charge is 0.398 e. The molecule has 1 aliphatic carbocycles. The SMILES string of the molecule is C#N.Cc1c(NC(C)C)cncc1-c1cc(N)c2cnc(NC(=O)C3CC3)cc2c1. The Balaban J connectivity index is 0.00000124. The first-order valence-electron chi connectivity index (χ1n) is 9.90. The van der Waals surface area contributed by atoms with Crippen molar-refractivity contribution in [1.29, 1.82) is 5.26 Å². The van der Waals surface area contributed by atoms with Crippen LogP contribution in [0, 0.1) is 24.7 Å². The summed E-state index contributed by atoms with van der Waals surface area (Å²) in [5, 5.41) is 14.6. The van der Waals surface area contributed by atoms with E-state index < -0.39 is 0 Å². The molecule has 0 atom stereocenters. The van der Waals surface area contributed by atoms with Crippen molar-refractivity contribution in [3.8, 4) is 17.7 Å². The fraction of sp³-hybridized carbons (Fsp3) is 0.304. The Kier molecular flexibility index (Phi) is 6.17. The van der Waals surface area contributed by atoms with Gasteiger partial charge in [0.1, 0.15) is 5.82 Å². The molecule has 0 aliphatic heterocycles. The lowest BCUT2D eigenvalue weighted by Gasteiger charge is -2.16. The van der Waals surface area contributed by atoms with E-state index in [9.17, 15) is 4.79 Å². The van der Waals surface area contributed by atoms with Crippen LogP contribution in [0.25, 0.3) is 21.9 Å². The lowest BCUT2D eigenvalue weighted by atomic mass is 9.98. The Hall–Kier alpha value is -3.66. The third-order valence-corrected chi connectivity index (χ3v) is 5.04. The number of benzene rings is 1. The number of fused-ring (bicyclic) bond motifs is 1. The standard InChI is InChI=1S/C22H25N5O.CHN/c1-12(2)26-20-11-24-9-17(13(20)3)15-6-16-8-21(27-22(28)14-4-5-14)25-10-18(16)19(23)7-15;1-2/h6-12,14,26H,4-5,23H2,1-3H3,(H,25,27,28);1H. The van der Waals surface area contributed by atoms with Gasteiger partial charge < -0.3 is 16.4 Å². The van der Waals surface area contributed by atoms with E-state index in [-0.39, 0.29) is 11.8 Å². The number of nitrogens with two attached hydrogens (primary N) is 1. The van der Waals surface area contributed by atoms with Gasteiger partial charge in [-0.05, 0) is 68.3 Å². The lowest BCUT2D eigenvalue weighted by Crippen LogP contribution is -2.14. The van der Waals surface area contributed by atoms with Crippen LogP contribution < -0.4 is 16.4 Å². The first-order valence-corrected chi connectivity index (χ1v) is 9.90. The van der Waals surface area contributed by atoms with Crippen molar-refractivity contribution < 1.29 is 4.79 Å². The van der Waals surface area contributed by atoms with Crippen molar-refractivity contribution in [2.75, 3.05) is 16.4 Å². The number of rotatable bonds is 5. The average Bonchev–Trinajstić information content (AvgIpc) is 3.56. The number of hydrogen-bond acceptors (Lipinski definition) is 6. The molecule has 1 fully saturated rings. The molecule has 0 spiro atoms. The minimum absolute atomic E-state index is 0.0449. The Bertz CT molecular complexity index is 1100. The van der Waals surface area contributed by atoms with Gasteiger partial charge in [0.25, 0.3) is 0 Å². The molecule has 1 amide bonds. The summed E-state index contributed by atoms with van der Waals surface area (Å²) in [4.78, 5) is 20.8. The molecule has 0 radical (unpaired) electrons. The second-order valence-corrected chi connectivity index (χ2v) is 7.78. The highest BCUT2D eigenvalue weighted by Crippen LogP contribution is 2.34. The first kappa shape index (κ1) is 21.1. The van der Waals surface area contributed by atoms with Gasteiger partial charge in [0.15, 0.2) is 0 Å². The molecule has 7 heteroatoms. The van der Waals surface area contributed by atoms with Crippen LogP contribution in [-0.2, 0) is 4.79 Å². The highest BCUT2D eigenvalue weighted by Gasteiger charge is 2.29. The van der Waals surface area contributed by atoms with Crippen molar-refractivity contribution in [3.63, 3.8) is 0 Å². The number of amides is 1. The van der Waals surface area contributed by atoms with Crippen LogP contribution in [0.1, 0.15) is 32.3 Å². The fourth-order valence-electron chi connectivity index (χ4n) is 3.36. The van der Waals surface area contributed by atoms with E-state index in [0.29, 0.717) is 17.5 Å². The number of hydrogen-bond donors (Lipinski definition) is 3. The molecule has 30 heavy (non-hydrogen) atoms. The topological polar surface area (TPSA) is 117 Å². The zero-order valence-corrected chi connectivity index (χ0v) is 17.4. The van der Waals surface area contributed by atoms with Gasteiger partial charge in [0.2, 0.25) is 5.91 Å². The number of nitrogens with zero attached hydrogens (tertiary/aromatic N) is 3. The van der Waals surface area contributed by atoms with Crippen molar-refractivity contribution >= 4 is 33.9 Å².